The summed E-state index contributed by atoms with van der Waals surface area (Å²) in [6, 6.07) is -0.0569. The van der Waals surface area contributed by atoms with Crippen LogP contribution >= 0.6 is 0 Å². The van der Waals surface area contributed by atoms with Crippen LogP contribution in [0.15, 0.2) is 5.16 Å². The summed E-state index contributed by atoms with van der Waals surface area (Å²) >= 11 is 0. The van der Waals surface area contributed by atoms with Gasteiger partial charge in [-0.2, -0.15) is 15.0 Å². The predicted molar refractivity (Wildman–Crippen MR) is 67.8 cm³/mol. The fourth-order valence-electron chi connectivity index (χ4n) is 1.94. The second-order valence-corrected chi connectivity index (χ2v) is 4.17. The number of piperidine rings is 1. The maximum Gasteiger partial charge on any atom is 0.454 e. The minimum atomic E-state index is -0.866. The van der Waals surface area contributed by atoms with Crippen LogP contribution < -0.4 is 9.64 Å². The van der Waals surface area contributed by atoms with E-state index in [0.29, 0.717) is 0 Å². The van der Waals surface area contributed by atoms with Gasteiger partial charge in [0, 0.05) is 13.1 Å². The van der Waals surface area contributed by atoms with Crippen LogP contribution in [-0.4, -0.2) is 51.1 Å². The van der Waals surface area contributed by atoms with Gasteiger partial charge < -0.3 is 25.0 Å². The zero-order valence-corrected chi connectivity index (χ0v) is 10.9. The van der Waals surface area contributed by atoms with Gasteiger partial charge in [0.1, 0.15) is 0 Å². The molecule has 2 rings (SSSR count). The molecule has 1 fully saturated rings. The lowest BCUT2D eigenvalue weighted by molar-refractivity contribution is -0.351. The fraction of sp³-hybridized carbons (Fsp3) is 0.600. The lowest BCUT2D eigenvalue weighted by Gasteiger charge is -2.26. The molecule has 108 valence electrons. The molecule has 0 aliphatic carbocycles. The molecule has 1 aliphatic rings. The van der Waals surface area contributed by atoms with Crippen molar-refractivity contribution in [2.24, 2.45) is 5.16 Å². The van der Waals surface area contributed by atoms with Crippen LogP contribution in [0.2, 0.25) is 0 Å². The molecule has 1 saturated heterocycles. The van der Waals surface area contributed by atoms with E-state index in [-0.39, 0.29) is 17.8 Å². The molecule has 10 nitrogen and oxygen atoms in total. The van der Waals surface area contributed by atoms with Gasteiger partial charge in [-0.05, 0) is 24.2 Å². The first-order chi connectivity index (χ1) is 9.65. The Balaban J connectivity index is 2.40. The number of nitrogens with zero attached hydrogens (tertiary/aromatic N) is 6. The monoisotopic (exact) mass is 282 g/mol. The van der Waals surface area contributed by atoms with E-state index < -0.39 is 10.8 Å². The van der Waals surface area contributed by atoms with Gasteiger partial charge in [-0.15, -0.1) is 0 Å². The third-order valence-electron chi connectivity index (χ3n) is 2.89. The van der Waals surface area contributed by atoms with Gasteiger partial charge in [-0.3, -0.25) is 0 Å². The molecule has 20 heavy (non-hydrogen) atoms. The second-order valence-electron chi connectivity index (χ2n) is 4.17. The van der Waals surface area contributed by atoms with Crippen molar-refractivity contribution in [1.82, 2.24) is 15.0 Å². The molecule has 0 atom stereocenters. The van der Waals surface area contributed by atoms with E-state index in [9.17, 15) is 10.1 Å². The summed E-state index contributed by atoms with van der Waals surface area (Å²) in [5, 5.41) is 22.1. The lowest BCUT2D eigenvalue weighted by Crippen LogP contribution is -2.32. The van der Waals surface area contributed by atoms with E-state index >= 15 is 0 Å². The van der Waals surface area contributed by atoms with Crippen LogP contribution in [0.25, 0.3) is 0 Å². The number of hydrogen-bond donors (Lipinski definition) is 1. The van der Waals surface area contributed by atoms with E-state index in [4.69, 9.17) is 9.94 Å². The predicted octanol–water partition coefficient (Wildman–Crippen LogP) is 0.283. The molecule has 1 aromatic rings. The second kappa shape index (κ2) is 6.08. The smallest absolute Gasteiger partial charge is 0.454 e. The third-order valence-corrected chi connectivity index (χ3v) is 2.89. The number of aromatic nitrogens is 3. The van der Waals surface area contributed by atoms with Crippen LogP contribution in [0.1, 0.15) is 25.1 Å². The molecule has 0 saturated carbocycles. The summed E-state index contributed by atoms with van der Waals surface area (Å²) in [5.74, 6) is -0.886. The summed E-state index contributed by atoms with van der Waals surface area (Å²) in [4.78, 5) is 23.6. The molecule has 0 unspecified atom stereocenters. The summed E-state index contributed by atoms with van der Waals surface area (Å²) in [6.07, 6.45) is 3.13. The molecule has 0 radical (unpaired) electrons. The van der Waals surface area contributed by atoms with E-state index in [2.05, 4.69) is 20.1 Å². The molecule has 10 heteroatoms. The lowest BCUT2D eigenvalue weighted by atomic mass is 10.1. The van der Waals surface area contributed by atoms with Crippen LogP contribution in [0.4, 0.5) is 5.95 Å². The highest BCUT2D eigenvalue weighted by Crippen LogP contribution is 2.18. The fourth-order valence-corrected chi connectivity index (χ4v) is 1.94. The minimum Gasteiger partial charge on any atom is -0.467 e. The standard InChI is InChI=1S/C10H14N6O4/c1-20-10-12-7(8(14-17)16(18)19)11-9(13-10)15-5-3-2-4-6-15/h17H,2-6H2,1H3. The average molecular weight is 282 g/mol. The Labute approximate surface area is 114 Å². The molecule has 1 aromatic heterocycles. The third kappa shape index (κ3) is 2.90. The maximum atomic E-state index is 10.8. The molecule has 0 amide bonds. The Morgan fingerprint density at radius 1 is 1.35 bits per heavy atom. The van der Waals surface area contributed by atoms with Gasteiger partial charge in [-0.1, -0.05) is 0 Å². The average Bonchev–Trinajstić information content (AvgIpc) is 2.48. The summed E-state index contributed by atoms with van der Waals surface area (Å²) in [6.45, 7) is 1.52. The first-order valence-corrected chi connectivity index (χ1v) is 6.07. The van der Waals surface area contributed by atoms with Crippen molar-refractivity contribution in [3.63, 3.8) is 0 Å². The Kier molecular flexibility index (Phi) is 4.23. The molecule has 2 heterocycles. The highest BCUT2D eigenvalue weighted by molar-refractivity contribution is 5.88. The van der Waals surface area contributed by atoms with Crippen LogP contribution in [0, 0.1) is 10.1 Å². The first kappa shape index (κ1) is 13.9. The highest BCUT2D eigenvalue weighted by Gasteiger charge is 2.25. The Morgan fingerprint density at radius 3 is 2.60 bits per heavy atom. The van der Waals surface area contributed by atoms with Crippen LogP contribution in [0.3, 0.4) is 0 Å². The molecule has 0 aromatic carbocycles. The molecular weight excluding hydrogens is 268 g/mol. The molecular formula is C10H14N6O4. The van der Waals surface area contributed by atoms with Crippen molar-refractivity contribution in [2.75, 3.05) is 25.1 Å². The van der Waals surface area contributed by atoms with Crippen molar-refractivity contribution in [3.8, 4) is 6.01 Å². The normalized spacial score (nSPS) is 16.1. The van der Waals surface area contributed by atoms with Crippen molar-refractivity contribution in [1.29, 1.82) is 0 Å². The molecule has 0 spiro atoms. The van der Waals surface area contributed by atoms with E-state index in [1.54, 1.807) is 0 Å². The summed E-state index contributed by atoms with van der Waals surface area (Å²) in [7, 11) is 1.35. The molecule has 1 N–H and O–H groups in total. The molecule has 1 aliphatic heterocycles. The van der Waals surface area contributed by atoms with Crippen molar-refractivity contribution in [2.45, 2.75) is 19.3 Å². The highest BCUT2D eigenvalue weighted by atomic mass is 16.6. The Bertz CT molecular complexity index is 528. The number of ether oxygens (including phenoxy) is 1. The quantitative estimate of drug-likeness (QED) is 0.275. The zero-order valence-electron chi connectivity index (χ0n) is 10.9. The Hall–Kier alpha value is -2.52. The topological polar surface area (TPSA) is 127 Å². The van der Waals surface area contributed by atoms with Gasteiger partial charge in [0.2, 0.25) is 5.95 Å². The number of rotatable bonds is 3. The number of amidine groups is 1. The maximum absolute atomic E-state index is 10.8. The van der Waals surface area contributed by atoms with Crippen molar-refractivity contribution >= 4 is 11.8 Å². The van der Waals surface area contributed by atoms with E-state index in [1.807, 2.05) is 4.90 Å². The van der Waals surface area contributed by atoms with Crippen LogP contribution in [-0.2, 0) is 0 Å². The number of nitro groups is 1. The summed E-state index contributed by atoms with van der Waals surface area (Å²) < 4.78 is 4.91. The number of oxime groups is 1. The van der Waals surface area contributed by atoms with Gasteiger partial charge >= 0.3 is 11.8 Å². The minimum absolute atomic E-state index is 0.0569. The van der Waals surface area contributed by atoms with E-state index in [1.165, 1.54) is 7.11 Å². The van der Waals surface area contributed by atoms with Gasteiger partial charge in [0.05, 0.1) is 7.11 Å². The van der Waals surface area contributed by atoms with Crippen LogP contribution in [0.5, 0.6) is 6.01 Å². The number of anilines is 1. The van der Waals surface area contributed by atoms with E-state index in [0.717, 1.165) is 32.4 Å². The first-order valence-electron chi connectivity index (χ1n) is 6.07. The van der Waals surface area contributed by atoms with Gasteiger partial charge in [-0.25, -0.2) is 0 Å². The number of methoxy groups -OCH3 is 1. The zero-order chi connectivity index (χ0) is 14.5. The SMILES string of the molecule is COc1nc(C(=NO)[N+](=O)[O-])nc(N2CCCCC2)n1. The van der Waals surface area contributed by atoms with Gasteiger partial charge in [0.25, 0.3) is 5.82 Å². The van der Waals surface area contributed by atoms with Crippen molar-refractivity contribution in [3.05, 3.63) is 15.9 Å². The largest absolute Gasteiger partial charge is 0.467 e. The van der Waals surface area contributed by atoms with Gasteiger partial charge in [0.15, 0.2) is 5.16 Å². The summed E-state index contributed by atoms with van der Waals surface area (Å²) in [5.41, 5.74) is 0. The van der Waals surface area contributed by atoms with Crippen molar-refractivity contribution < 1.29 is 14.9 Å². The Morgan fingerprint density at radius 2 is 2.05 bits per heavy atom. The molecule has 0 bridgehead atoms. The number of hydrogen-bond acceptors (Lipinski definition) is 9.